The molecule has 0 radical (unpaired) electrons. The quantitative estimate of drug-likeness (QED) is 0.719. The summed E-state index contributed by atoms with van der Waals surface area (Å²) in [5.74, 6) is 0. The predicted octanol–water partition coefficient (Wildman–Crippen LogP) is 2.04. The van der Waals surface area contributed by atoms with Crippen LogP contribution in [0.4, 0.5) is 0 Å². The molecule has 0 aromatic carbocycles. The van der Waals surface area contributed by atoms with Crippen molar-refractivity contribution >= 4 is 0 Å². The summed E-state index contributed by atoms with van der Waals surface area (Å²) in [5.41, 5.74) is 1.22. The fraction of sp³-hybridized carbons (Fsp3) is 0.857. The summed E-state index contributed by atoms with van der Waals surface area (Å²) >= 11 is 0. The molecule has 0 aromatic rings. The second-order valence-electron chi connectivity index (χ2n) is 5.32. The Balaban J connectivity index is 2.56. The molecule has 0 aromatic heterocycles. The summed E-state index contributed by atoms with van der Waals surface area (Å²) in [4.78, 5) is 2.50. The van der Waals surface area contributed by atoms with Gasteiger partial charge in [0.25, 0.3) is 0 Å². The van der Waals surface area contributed by atoms with Gasteiger partial charge in [0.15, 0.2) is 0 Å². The first-order chi connectivity index (χ1) is 8.04. The van der Waals surface area contributed by atoms with Crippen molar-refractivity contribution in [2.75, 3.05) is 26.2 Å². The molecule has 0 saturated carbocycles. The van der Waals surface area contributed by atoms with Crippen LogP contribution in [0.3, 0.4) is 0 Å². The largest absolute Gasteiger partial charge is 0.374 e. The molecule has 0 aliphatic carbocycles. The van der Waals surface area contributed by atoms with Crippen LogP contribution >= 0.6 is 0 Å². The third-order valence-corrected chi connectivity index (χ3v) is 3.34. The lowest BCUT2D eigenvalue weighted by molar-refractivity contribution is -0.0549. The second-order valence-corrected chi connectivity index (χ2v) is 5.32. The topological polar surface area (TPSA) is 24.5 Å². The van der Waals surface area contributed by atoms with E-state index in [0.717, 1.165) is 32.7 Å². The van der Waals surface area contributed by atoms with E-state index in [0.29, 0.717) is 18.2 Å². The van der Waals surface area contributed by atoms with E-state index in [1.807, 2.05) is 0 Å². The minimum atomic E-state index is 0.294. The van der Waals surface area contributed by atoms with Crippen molar-refractivity contribution in [3.05, 3.63) is 12.2 Å². The number of rotatable bonds is 6. The highest BCUT2D eigenvalue weighted by Crippen LogP contribution is 2.16. The Morgan fingerprint density at radius 2 is 2.24 bits per heavy atom. The van der Waals surface area contributed by atoms with Gasteiger partial charge in [0.1, 0.15) is 0 Å². The number of hydrogen-bond donors (Lipinski definition) is 1. The minimum absolute atomic E-state index is 0.294. The van der Waals surface area contributed by atoms with Gasteiger partial charge in [0.2, 0.25) is 0 Å². The highest BCUT2D eigenvalue weighted by Gasteiger charge is 2.28. The predicted molar refractivity (Wildman–Crippen MR) is 73.3 cm³/mol. The fourth-order valence-electron chi connectivity index (χ4n) is 2.38. The van der Waals surface area contributed by atoms with Gasteiger partial charge in [0, 0.05) is 25.2 Å². The molecule has 0 spiro atoms. The summed E-state index contributed by atoms with van der Waals surface area (Å²) in [6.07, 6.45) is 1.30. The number of morpholine rings is 1. The van der Waals surface area contributed by atoms with Gasteiger partial charge in [-0.1, -0.05) is 12.5 Å². The summed E-state index contributed by atoms with van der Waals surface area (Å²) in [7, 11) is 0. The number of nitrogens with zero attached hydrogens (tertiary/aromatic N) is 1. The van der Waals surface area contributed by atoms with Gasteiger partial charge < -0.3 is 10.1 Å². The van der Waals surface area contributed by atoms with Crippen LogP contribution in [0.2, 0.25) is 0 Å². The normalized spacial score (nSPS) is 23.9. The van der Waals surface area contributed by atoms with Gasteiger partial charge in [-0.3, -0.25) is 4.90 Å². The number of likely N-dealkylation sites (N-methyl/N-ethyl adjacent to an activating group) is 1. The first kappa shape index (κ1) is 14.7. The third-order valence-electron chi connectivity index (χ3n) is 3.34. The molecular weight excluding hydrogens is 212 g/mol. The van der Waals surface area contributed by atoms with Crippen LogP contribution in [0.25, 0.3) is 0 Å². The molecule has 1 aliphatic rings. The third kappa shape index (κ3) is 4.78. The first-order valence-electron chi connectivity index (χ1n) is 6.78. The number of hydrogen-bond acceptors (Lipinski definition) is 3. The SMILES string of the molecule is C=C(C)CC(NCC)C1CN(C(C)C)CCO1. The first-order valence-corrected chi connectivity index (χ1v) is 6.78. The van der Waals surface area contributed by atoms with Crippen LogP contribution in [-0.4, -0.2) is 49.3 Å². The standard InChI is InChI=1S/C14H28N2O/c1-6-15-13(9-11(2)3)14-10-16(12(4)5)7-8-17-14/h12-15H,2,6-10H2,1,3-5H3. The Labute approximate surface area is 106 Å². The zero-order valence-electron chi connectivity index (χ0n) is 11.8. The maximum atomic E-state index is 5.93. The number of nitrogens with one attached hydrogen (secondary N) is 1. The molecule has 100 valence electrons. The average molecular weight is 240 g/mol. The average Bonchev–Trinajstić information content (AvgIpc) is 2.28. The molecule has 1 rings (SSSR count). The van der Waals surface area contributed by atoms with E-state index in [1.54, 1.807) is 0 Å². The van der Waals surface area contributed by atoms with E-state index in [9.17, 15) is 0 Å². The van der Waals surface area contributed by atoms with Crippen molar-refractivity contribution in [1.82, 2.24) is 10.2 Å². The Kier molecular flexibility index (Phi) is 6.17. The fourth-order valence-corrected chi connectivity index (χ4v) is 2.38. The monoisotopic (exact) mass is 240 g/mol. The lowest BCUT2D eigenvalue weighted by atomic mass is 10.0. The van der Waals surface area contributed by atoms with Crippen molar-refractivity contribution in [3.8, 4) is 0 Å². The summed E-state index contributed by atoms with van der Waals surface area (Å²) < 4.78 is 5.93. The maximum Gasteiger partial charge on any atom is 0.0858 e. The Morgan fingerprint density at radius 1 is 1.53 bits per heavy atom. The highest BCUT2D eigenvalue weighted by molar-refractivity contribution is 4.97. The molecule has 3 nitrogen and oxygen atoms in total. The summed E-state index contributed by atoms with van der Waals surface area (Å²) in [5, 5.41) is 3.53. The van der Waals surface area contributed by atoms with Gasteiger partial charge in [0.05, 0.1) is 12.7 Å². The molecule has 1 saturated heterocycles. The molecule has 2 atom stereocenters. The molecule has 1 N–H and O–H groups in total. The van der Waals surface area contributed by atoms with E-state index in [1.165, 1.54) is 5.57 Å². The minimum Gasteiger partial charge on any atom is -0.374 e. The van der Waals surface area contributed by atoms with Crippen molar-refractivity contribution in [1.29, 1.82) is 0 Å². The van der Waals surface area contributed by atoms with Gasteiger partial charge in [-0.25, -0.2) is 0 Å². The van der Waals surface area contributed by atoms with E-state index < -0.39 is 0 Å². The van der Waals surface area contributed by atoms with Crippen LogP contribution in [0, 0.1) is 0 Å². The molecule has 0 amide bonds. The van der Waals surface area contributed by atoms with Crippen LogP contribution < -0.4 is 5.32 Å². The van der Waals surface area contributed by atoms with Crippen LogP contribution in [0.15, 0.2) is 12.2 Å². The van der Waals surface area contributed by atoms with E-state index >= 15 is 0 Å². The van der Waals surface area contributed by atoms with E-state index in [-0.39, 0.29) is 0 Å². The smallest absolute Gasteiger partial charge is 0.0858 e. The van der Waals surface area contributed by atoms with Crippen LogP contribution in [0.5, 0.6) is 0 Å². The molecule has 2 unspecified atom stereocenters. The van der Waals surface area contributed by atoms with Gasteiger partial charge >= 0.3 is 0 Å². The Morgan fingerprint density at radius 3 is 2.76 bits per heavy atom. The molecular formula is C14H28N2O. The molecule has 17 heavy (non-hydrogen) atoms. The van der Waals surface area contributed by atoms with Gasteiger partial charge in [-0.2, -0.15) is 0 Å². The highest BCUT2D eigenvalue weighted by atomic mass is 16.5. The Hall–Kier alpha value is -0.380. The zero-order valence-corrected chi connectivity index (χ0v) is 11.8. The van der Waals surface area contributed by atoms with Crippen molar-refractivity contribution < 1.29 is 4.74 Å². The van der Waals surface area contributed by atoms with Crippen molar-refractivity contribution in [2.24, 2.45) is 0 Å². The van der Waals surface area contributed by atoms with Crippen molar-refractivity contribution in [3.63, 3.8) is 0 Å². The Bertz CT molecular complexity index is 240. The summed E-state index contributed by atoms with van der Waals surface area (Å²) in [6.45, 7) is 16.7. The molecule has 0 bridgehead atoms. The summed E-state index contributed by atoms with van der Waals surface area (Å²) in [6, 6.07) is 1.01. The van der Waals surface area contributed by atoms with Crippen molar-refractivity contribution in [2.45, 2.75) is 52.3 Å². The van der Waals surface area contributed by atoms with E-state index in [2.05, 4.69) is 44.5 Å². The van der Waals surface area contributed by atoms with Gasteiger partial charge in [-0.05, 0) is 33.7 Å². The lowest BCUT2D eigenvalue weighted by Gasteiger charge is -2.39. The second kappa shape index (κ2) is 7.14. The number of ether oxygens (including phenoxy) is 1. The maximum absolute atomic E-state index is 5.93. The van der Waals surface area contributed by atoms with Crippen LogP contribution in [-0.2, 0) is 4.74 Å². The molecule has 1 fully saturated rings. The van der Waals surface area contributed by atoms with Gasteiger partial charge in [-0.15, -0.1) is 6.58 Å². The zero-order chi connectivity index (χ0) is 12.8. The lowest BCUT2D eigenvalue weighted by Crippen LogP contribution is -2.53. The van der Waals surface area contributed by atoms with Crippen LogP contribution in [0.1, 0.15) is 34.1 Å². The van der Waals surface area contributed by atoms with E-state index in [4.69, 9.17) is 4.74 Å². The molecule has 3 heteroatoms. The molecule has 1 heterocycles. The molecule has 1 aliphatic heterocycles.